The first-order valence-electron chi connectivity index (χ1n) is 11.2. The topological polar surface area (TPSA) is 113 Å². The molecular weight excluding hydrogens is 462 g/mol. The number of nitrogens with zero attached hydrogens (tertiary/aromatic N) is 2. The number of hydrogen-bond acceptors (Lipinski definition) is 8. The first-order chi connectivity index (χ1) is 17.6. The molecule has 0 aliphatic heterocycles. The number of rotatable bonds is 10. The van der Waals surface area contributed by atoms with Gasteiger partial charge in [-0.2, -0.15) is 4.98 Å². The number of carbonyl (C=O) groups excluding carboxylic acids is 2. The average molecular weight is 488 g/mol. The molecule has 1 atom stereocenters. The van der Waals surface area contributed by atoms with E-state index >= 15 is 0 Å². The van der Waals surface area contributed by atoms with Crippen molar-refractivity contribution in [3.05, 3.63) is 95.9 Å². The van der Waals surface area contributed by atoms with Gasteiger partial charge < -0.3 is 24.1 Å². The van der Waals surface area contributed by atoms with E-state index in [-0.39, 0.29) is 30.7 Å². The Labute approximate surface area is 208 Å². The van der Waals surface area contributed by atoms with E-state index in [1.807, 2.05) is 36.4 Å². The smallest absolute Gasteiger partial charge is 0.329 e. The van der Waals surface area contributed by atoms with Crippen LogP contribution < -0.4 is 14.8 Å². The van der Waals surface area contributed by atoms with E-state index in [4.69, 9.17) is 18.7 Å². The summed E-state index contributed by atoms with van der Waals surface area (Å²) >= 11 is 0. The third-order valence-electron chi connectivity index (χ3n) is 5.36. The van der Waals surface area contributed by atoms with Gasteiger partial charge in [0.1, 0.15) is 17.5 Å². The normalized spacial score (nSPS) is 11.4. The van der Waals surface area contributed by atoms with Gasteiger partial charge in [-0.3, -0.25) is 4.79 Å². The Morgan fingerprint density at radius 2 is 1.67 bits per heavy atom. The van der Waals surface area contributed by atoms with Crippen molar-refractivity contribution in [3.8, 4) is 22.9 Å². The van der Waals surface area contributed by atoms with E-state index in [0.717, 1.165) is 5.56 Å². The number of carbonyl (C=O) groups is 2. The van der Waals surface area contributed by atoms with Gasteiger partial charge in [0.2, 0.25) is 5.82 Å². The van der Waals surface area contributed by atoms with Gasteiger partial charge in [0.05, 0.1) is 19.8 Å². The van der Waals surface area contributed by atoms with Gasteiger partial charge in [-0.05, 0) is 29.8 Å². The van der Waals surface area contributed by atoms with Crippen LogP contribution in [-0.4, -0.2) is 42.3 Å². The molecule has 9 heteroatoms. The maximum absolute atomic E-state index is 13.0. The van der Waals surface area contributed by atoms with E-state index < -0.39 is 12.0 Å². The number of methoxy groups -OCH3 is 2. The summed E-state index contributed by atoms with van der Waals surface area (Å²) in [5.74, 6) is 0.508. The van der Waals surface area contributed by atoms with Crippen LogP contribution in [0.2, 0.25) is 0 Å². The monoisotopic (exact) mass is 487 g/mol. The summed E-state index contributed by atoms with van der Waals surface area (Å²) in [5.41, 5.74) is 1.91. The van der Waals surface area contributed by atoms with Crippen molar-refractivity contribution < 1.29 is 28.3 Å². The summed E-state index contributed by atoms with van der Waals surface area (Å²) in [5, 5.41) is 6.73. The average Bonchev–Trinajstić information content (AvgIpc) is 3.40. The quantitative estimate of drug-likeness (QED) is 0.336. The Kier molecular flexibility index (Phi) is 7.92. The number of esters is 1. The highest BCUT2D eigenvalue weighted by molar-refractivity contribution is 5.96. The van der Waals surface area contributed by atoms with Crippen molar-refractivity contribution in [2.75, 3.05) is 14.2 Å². The van der Waals surface area contributed by atoms with Crippen LogP contribution >= 0.6 is 0 Å². The zero-order valence-electron chi connectivity index (χ0n) is 19.8. The van der Waals surface area contributed by atoms with Crippen molar-refractivity contribution in [3.63, 3.8) is 0 Å². The molecule has 9 nitrogen and oxygen atoms in total. The molecule has 0 aliphatic carbocycles. The van der Waals surface area contributed by atoms with Crippen LogP contribution in [-0.2, 0) is 22.6 Å². The van der Waals surface area contributed by atoms with Crippen LogP contribution in [0.25, 0.3) is 11.4 Å². The molecule has 1 amide bonds. The fourth-order valence-corrected chi connectivity index (χ4v) is 3.51. The van der Waals surface area contributed by atoms with Crippen LogP contribution in [0.15, 0.2) is 83.4 Å². The lowest BCUT2D eigenvalue weighted by atomic mass is 10.1. The highest BCUT2D eigenvalue weighted by atomic mass is 16.6. The third-order valence-corrected chi connectivity index (χ3v) is 5.36. The highest BCUT2D eigenvalue weighted by Crippen LogP contribution is 2.31. The predicted molar refractivity (Wildman–Crippen MR) is 130 cm³/mol. The van der Waals surface area contributed by atoms with Crippen LogP contribution in [0.3, 0.4) is 0 Å². The largest absolute Gasteiger partial charge is 0.497 e. The number of hydrogen-bond donors (Lipinski definition) is 1. The lowest BCUT2D eigenvalue weighted by Gasteiger charge is -2.17. The molecule has 1 unspecified atom stereocenters. The van der Waals surface area contributed by atoms with E-state index in [0.29, 0.717) is 22.6 Å². The maximum atomic E-state index is 13.0. The lowest BCUT2D eigenvalue weighted by Crippen LogP contribution is -2.43. The molecule has 3 aromatic carbocycles. The summed E-state index contributed by atoms with van der Waals surface area (Å²) < 4.78 is 21.3. The highest BCUT2D eigenvalue weighted by Gasteiger charge is 2.24. The second-order valence-corrected chi connectivity index (χ2v) is 7.77. The molecule has 4 rings (SSSR count). The van der Waals surface area contributed by atoms with Crippen LogP contribution in [0.1, 0.15) is 21.8 Å². The Morgan fingerprint density at radius 1 is 0.944 bits per heavy atom. The van der Waals surface area contributed by atoms with Crippen molar-refractivity contribution in [2.24, 2.45) is 0 Å². The molecule has 1 N–H and O–H groups in total. The summed E-state index contributed by atoms with van der Waals surface area (Å²) in [6, 6.07) is 22.3. The summed E-state index contributed by atoms with van der Waals surface area (Å²) in [6.45, 7) is -0.253. The number of benzene rings is 3. The number of aromatic nitrogens is 2. The standard InChI is InChI=1S/C27H25N3O6/c1-33-20-13-14-21(23(16-20)34-2)25-29-24(36-30-25)17-35-27(32)22(15-18-9-5-3-6-10-18)28-26(31)19-11-7-4-8-12-19/h3-14,16,22H,15,17H2,1-2H3,(H,28,31). The second-order valence-electron chi connectivity index (χ2n) is 7.77. The molecule has 36 heavy (non-hydrogen) atoms. The maximum Gasteiger partial charge on any atom is 0.329 e. The van der Waals surface area contributed by atoms with Gasteiger partial charge in [-0.15, -0.1) is 0 Å². The molecule has 0 spiro atoms. The first kappa shape index (κ1) is 24.5. The Morgan fingerprint density at radius 3 is 2.36 bits per heavy atom. The fraction of sp³-hybridized carbons (Fsp3) is 0.185. The molecular formula is C27H25N3O6. The van der Waals surface area contributed by atoms with E-state index in [2.05, 4.69) is 15.5 Å². The van der Waals surface area contributed by atoms with Gasteiger partial charge in [-0.25, -0.2) is 4.79 Å². The molecule has 0 saturated heterocycles. The van der Waals surface area contributed by atoms with E-state index in [1.54, 1.807) is 49.6 Å². The third kappa shape index (κ3) is 6.06. The van der Waals surface area contributed by atoms with Crippen molar-refractivity contribution >= 4 is 11.9 Å². The minimum absolute atomic E-state index is 0.101. The number of amides is 1. The van der Waals surface area contributed by atoms with E-state index in [1.165, 1.54) is 7.11 Å². The Hall–Kier alpha value is -4.66. The summed E-state index contributed by atoms with van der Waals surface area (Å²) in [4.78, 5) is 30.0. The molecule has 0 fully saturated rings. The second kappa shape index (κ2) is 11.7. The molecule has 0 bridgehead atoms. The molecule has 184 valence electrons. The summed E-state index contributed by atoms with van der Waals surface area (Å²) in [7, 11) is 3.08. The zero-order chi connectivity index (χ0) is 25.3. The molecule has 0 saturated carbocycles. The predicted octanol–water partition coefficient (Wildman–Crippen LogP) is 3.84. The SMILES string of the molecule is COc1ccc(-c2noc(COC(=O)C(Cc3ccccc3)NC(=O)c3ccccc3)n2)c(OC)c1. The van der Waals surface area contributed by atoms with E-state index in [9.17, 15) is 9.59 Å². The lowest BCUT2D eigenvalue weighted by molar-refractivity contribution is -0.148. The minimum atomic E-state index is -0.913. The van der Waals surface area contributed by atoms with Crippen molar-refractivity contribution in [1.82, 2.24) is 15.5 Å². The zero-order valence-corrected chi connectivity index (χ0v) is 19.8. The molecule has 1 heterocycles. The van der Waals surface area contributed by atoms with Crippen LogP contribution in [0, 0.1) is 0 Å². The molecule has 0 radical (unpaired) electrons. The Balaban J connectivity index is 1.45. The molecule has 4 aromatic rings. The van der Waals surface area contributed by atoms with Crippen molar-refractivity contribution in [2.45, 2.75) is 19.1 Å². The summed E-state index contributed by atoms with van der Waals surface area (Å²) in [6.07, 6.45) is 0.260. The van der Waals surface area contributed by atoms with Gasteiger partial charge in [0, 0.05) is 18.1 Å². The van der Waals surface area contributed by atoms with Gasteiger partial charge in [0.25, 0.3) is 11.8 Å². The molecule has 1 aromatic heterocycles. The first-order valence-corrected chi connectivity index (χ1v) is 11.2. The Bertz CT molecular complexity index is 1310. The molecule has 0 aliphatic rings. The minimum Gasteiger partial charge on any atom is -0.497 e. The van der Waals surface area contributed by atoms with Gasteiger partial charge in [0.15, 0.2) is 6.61 Å². The van der Waals surface area contributed by atoms with Gasteiger partial charge in [-0.1, -0.05) is 53.7 Å². The number of nitrogens with one attached hydrogen (secondary N) is 1. The van der Waals surface area contributed by atoms with Crippen LogP contribution in [0.4, 0.5) is 0 Å². The fourth-order valence-electron chi connectivity index (χ4n) is 3.51. The van der Waals surface area contributed by atoms with Gasteiger partial charge >= 0.3 is 5.97 Å². The number of ether oxygens (including phenoxy) is 3. The van der Waals surface area contributed by atoms with Crippen molar-refractivity contribution in [1.29, 1.82) is 0 Å². The van der Waals surface area contributed by atoms with Crippen LogP contribution in [0.5, 0.6) is 11.5 Å².